The van der Waals surface area contributed by atoms with Crippen LogP contribution < -0.4 is 49.2 Å². The van der Waals surface area contributed by atoms with E-state index in [1.807, 2.05) is 0 Å². The van der Waals surface area contributed by atoms with Gasteiger partial charge in [-0.25, -0.2) is 67.3 Å². The first-order valence-corrected chi connectivity index (χ1v) is 22.9. The maximum Gasteiger partial charge on any atom is 0.227 e. The Kier molecular flexibility index (Phi) is 31.5. The van der Waals surface area contributed by atoms with Gasteiger partial charge in [-0.1, -0.05) is 0 Å². The zero-order valence-corrected chi connectivity index (χ0v) is 39.3. The molecule has 1 unspecified atom stereocenters. The van der Waals surface area contributed by atoms with E-state index in [0.29, 0.717) is 0 Å². The van der Waals surface area contributed by atoms with Crippen molar-refractivity contribution < 1.29 is 151 Å². The van der Waals surface area contributed by atoms with Crippen LogP contribution in [0, 0.1) is 0 Å². The second-order valence-electron chi connectivity index (χ2n) is 9.49. The van der Waals surface area contributed by atoms with E-state index in [1.165, 1.54) is 0 Å². The monoisotopic (exact) mass is 1120 g/mol. The highest BCUT2D eigenvalue weighted by molar-refractivity contribution is 7.82. The Morgan fingerprint density at radius 3 is 1.05 bits per heavy atom. The van der Waals surface area contributed by atoms with Gasteiger partial charge in [0, 0.05) is 0 Å². The van der Waals surface area contributed by atoms with Gasteiger partial charge < -0.3 is 99.8 Å². The number of hydrogen-bond acceptors (Lipinski definition) is 35. The minimum atomic E-state index is -6.58. The molecule has 2 aliphatic rings. The molecule has 2 saturated heterocycles. The SMILES string of the molecule is O=S(=O)([O-])OC[C@H]1O[C@@](COS(=O)(=O)[O-])(OC2O[C@H](COS(=O)(=O)[O-])[C@@H](OS(=O)(=O)[O-])[C@H](OS(=O)(=O)[O-])[C@H]2OS(=O)(=O)[O-])[C@@H](OS(=O)(=O)[O-])[C@@H]1OS(=O)(=O)[O-].[NH4+].[NH4+].[NH4+].[NH4+].[NH4+].[NH4+].[NH4+].[NH4+]. The van der Waals surface area contributed by atoms with E-state index < -0.39 is 158 Å². The lowest BCUT2D eigenvalue weighted by Crippen LogP contribution is -2.65. The molecule has 0 saturated carbocycles. The molecule has 2 fully saturated rings. The van der Waals surface area contributed by atoms with Gasteiger partial charge >= 0.3 is 0 Å². The zero-order chi connectivity index (χ0) is 43.0. The Bertz CT molecular complexity index is 2310. The summed E-state index contributed by atoms with van der Waals surface area (Å²) in [6.45, 7) is -6.74. The highest BCUT2D eigenvalue weighted by Crippen LogP contribution is 2.42. The van der Waals surface area contributed by atoms with E-state index in [-0.39, 0.29) is 49.2 Å². The second-order valence-corrected chi connectivity index (χ2v) is 17.7. The lowest BCUT2D eigenvalue weighted by molar-refractivity contribution is -0.374. The van der Waals surface area contributed by atoms with Crippen LogP contribution in [-0.4, -0.2) is 178 Å². The van der Waals surface area contributed by atoms with E-state index in [0.717, 1.165) is 0 Å². The van der Waals surface area contributed by atoms with Gasteiger partial charge in [-0.2, -0.15) is 0 Å². The van der Waals surface area contributed by atoms with Gasteiger partial charge in [0.25, 0.3) is 0 Å². The molecule has 32 N–H and O–H groups in total. The Hall–Kier alpha value is -1.48. The number of ether oxygens (including phenoxy) is 3. The summed E-state index contributed by atoms with van der Waals surface area (Å²) in [6.07, 6.45) is -27.5. The van der Waals surface area contributed by atoms with Gasteiger partial charge in [-0.15, -0.1) is 0 Å². The molecule has 392 valence electrons. The minimum Gasteiger partial charge on any atom is -0.726 e. The molecule has 2 aliphatic heterocycles. The van der Waals surface area contributed by atoms with Crippen LogP contribution in [0.15, 0.2) is 0 Å². The van der Waals surface area contributed by atoms with E-state index in [2.05, 4.69) is 33.5 Å². The quantitative estimate of drug-likeness (QED) is 0.0391. The van der Waals surface area contributed by atoms with E-state index in [1.54, 1.807) is 0 Å². The van der Waals surface area contributed by atoms with Crippen LogP contribution >= 0.6 is 0 Å². The van der Waals surface area contributed by atoms with Crippen molar-refractivity contribution in [1.29, 1.82) is 0 Å². The van der Waals surface area contributed by atoms with Gasteiger partial charge in [-0.3, -0.25) is 33.5 Å². The van der Waals surface area contributed by atoms with Gasteiger partial charge in [0.05, 0.1) is 13.2 Å². The first-order chi connectivity index (χ1) is 24.2. The van der Waals surface area contributed by atoms with Crippen LogP contribution in [0.25, 0.3) is 0 Å². The Morgan fingerprint density at radius 1 is 0.381 bits per heavy atom. The molecule has 2 heterocycles. The van der Waals surface area contributed by atoms with Gasteiger partial charge in [-0.05, 0) is 0 Å². The fourth-order valence-corrected chi connectivity index (χ4v) is 7.60. The molecule has 43 nitrogen and oxygen atoms in total. The molecule has 63 heavy (non-hydrogen) atoms. The second kappa shape index (κ2) is 26.2. The molecule has 0 amide bonds. The van der Waals surface area contributed by atoms with Crippen LogP contribution in [0.4, 0.5) is 0 Å². The first-order valence-electron chi connectivity index (χ1n) is 12.2. The minimum absolute atomic E-state index is 0. The average molecular weight is 1120 g/mol. The Labute approximate surface area is 357 Å². The normalized spacial score (nSPS) is 26.8. The fourth-order valence-electron chi connectivity index (χ4n) is 4.21. The number of rotatable bonds is 21. The predicted molar refractivity (Wildman–Crippen MR) is 185 cm³/mol. The zero-order valence-electron chi connectivity index (χ0n) is 32.8. The van der Waals surface area contributed by atoms with Crippen LogP contribution in [0.5, 0.6) is 0 Å². The van der Waals surface area contributed by atoms with Gasteiger partial charge in [0.15, 0.2) is 18.5 Å². The van der Waals surface area contributed by atoms with Crippen molar-refractivity contribution in [2.45, 2.75) is 54.8 Å². The van der Waals surface area contributed by atoms with E-state index in [4.69, 9.17) is 14.2 Å². The molecule has 0 aromatic carbocycles. The van der Waals surface area contributed by atoms with Crippen LogP contribution in [0.3, 0.4) is 0 Å². The van der Waals surface area contributed by atoms with Crippen molar-refractivity contribution in [2.75, 3.05) is 19.8 Å². The standard InChI is InChI=1S/C12H22O35S8.8H3N/c13-48(14,15)37-1-4-6(43-51(22,23)24)8(45-53(28,29)30)9(46-54(31,32)33)11(40-4)42-12(3-39-50(19,20)21)10(47-55(34,35)36)7(44-52(25,26)27)5(41-12)2-38-49(16,17)18;;;;;;;;/h4-11H,1-3H2,(H,13,14,15)(H,16,17,18)(H,19,20,21)(H,22,23,24)(H,25,26,27)(H,28,29,30)(H,31,32,33)(H,34,35,36);8*1H3/t4-,5-,6-,7-,8+,9-,10+,11?,12+;;;;;;;;/m1......../s1. The lowest BCUT2D eigenvalue weighted by Gasteiger charge is -2.47. The smallest absolute Gasteiger partial charge is 0.227 e. The third-order valence-corrected chi connectivity index (χ3v) is 9.18. The number of quaternary nitrogens is 8. The van der Waals surface area contributed by atoms with Crippen LogP contribution in [-0.2, 0) is 131 Å². The number of hydrogen-bond donors (Lipinski definition) is 8. The molecular formula is C12H46N8O35S8. The largest absolute Gasteiger partial charge is 0.726 e. The topological polar surface area (TPSA) is 851 Å². The third kappa shape index (κ3) is 27.7. The molecule has 9 atom stereocenters. The molecule has 0 bridgehead atoms. The third-order valence-electron chi connectivity index (χ3n) is 5.65. The molecule has 2 rings (SSSR count). The Morgan fingerprint density at radius 2 is 0.698 bits per heavy atom. The molecule has 0 radical (unpaired) electrons. The van der Waals surface area contributed by atoms with Crippen molar-refractivity contribution in [1.82, 2.24) is 49.2 Å². The van der Waals surface area contributed by atoms with E-state index in [9.17, 15) is 104 Å². The molecule has 0 aromatic heterocycles. The van der Waals surface area contributed by atoms with Crippen LogP contribution in [0.2, 0.25) is 0 Å². The highest BCUT2D eigenvalue weighted by Gasteiger charge is 2.64. The molecule has 0 spiro atoms. The highest BCUT2D eigenvalue weighted by atomic mass is 32.3. The van der Waals surface area contributed by atoms with Gasteiger partial charge in [0.2, 0.25) is 89.0 Å². The summed E-state index contributed by atoms with van der Waals surface area (Å²) in [5.41, 5.74) is 0. The van der Waals surface area contributed by atoms with Crippen molar-refractivity contribution >= 4 is 83.2 Å². The Balaban J connectivity index is -0.000000784. The summed E-state index contributed by atoms with van der Waals surface area (Å²) in [5, 5.41) is 0. The summed E-state index contributed by atoms with van der Waals surface area (Å²) < 4.78 is 320. The van der Waals surface area contributed by atoms with Crippen LogP contribution in [0.1, 0.15) is 0 Å². The van der Waals surface area contributed by atoms with Gasteiger partial charge in [0.1, 0.15) is 37.1 Å². The molecule has 0 aliphatic carbocycles. The fraction of sp³-hybridized carbons (Fsp3) is 1.00. The molecule has 51 heteroatoms. The molecular weight excluding hydrogens is 1070 g/mol. The van der Waals surface area contributed by atoms with Crippen molar-refractivity contribution in [3.05, 3.63) is 0 Å². The van der Waals surface area contributed by atoms with Crippen molar-refractivity contribution in [2.24, 2.45) is 0 Å². The summed E-state index contributed by atoms with van der Waals surface area (Å²) in [6, 6.07) is 0. The summed E-state index contributed by atoms with van der Waals surface area (Å²) in [4.78, 5) is 0. The summed E-state index contributed by atoms with van der Waals surface area (Å²) in [5.74, 6) is -4.31. The summed E-state index contributed by atoms with van der Waals surface area (Å²) in [7, 11) is -50.8. The maximum absolute atomic E-state index is 11.7. The molecule has 0 aromatic rings. The van der Waals surface area contributed by atoms with Crippen molar-refractivity contribution in [3.8, 4) is 0 Å². The maximum atomic E-state index is 11.7. The average Bonchev–Trinajstić information content (AvgIpc) is 3.15. The predicted octanol–water partition coefficient (Wildman–Crippen LogP) is -6.51. The lowest BCUT2D eigenvalue weighted by atomic mass is 9.99. The van der Waals surface area contributed by atoms with Crippen molar-refractivity contribution in [3.63, 3.8) is 0 Å². The van der Waals surface area contributed by atoms with E-state index >= 15 is 0 Å². The first kappa shape index (κ1) is 75.8. The summed E-state index contributed by atoms with van der Waals surface area (Å²) >= 11 is 0.